The maximum Gasteiger partial charge on any atom is 0.255 e. The Morgan fingerprint density at radius 3 is 2.96 bits per heavy atom. The van der Waals surface area contributed by atoms with Gasteiger partial charge in [0.25, 0.3) is 5.91 Å². The maximum absolute atomic E-state index is 12.6. The summed E-state index contributed by atoms with van der Waals surface area (Å²) >= 11 is 0. The Bertz CT molecular complexity index is 863. The van der Waals surface area contributed by atoms with Crippen LogP contribution in [0.25, 0.3) is 0 Å². The van der Waals surface area contributed by atoms with Gasteiger partial charge in [0.2, 0.25) is 5.91 Å². The first kappa shape index (κ1) is 15.5. The zero-order valence-electron chi connectivity index (χ0n) is 14.0. The first-order valence-corrected chi connectivity index (χ1v) is 8.32. The van der Waals surface area contributed by atoms with E-state index >= 15 is 0 Å². The molecule has 25 heavy (non-hydrogen) atoms. The molecule has 6 nitrogen and oxygen atoms in total. The van der Waals surface area contributed by atoms with Crippen molar-refractivity contribution in [2.75, 3.05) is 35.7 Å². The zero-order valence-corrected chi connectivity index (χ0v) is 14.0. The molecule has 2 aromatic rings. The minimum Gasteiger partial charge on any atom is -0.493 e. The first-order valence-electron chi connectivity index (χ1n) is 8.32. The number of carbonyl (C=O) groups excluding carboxylic acids is 2. The van der Waals surface area contributed by atoms with Crippen LogP contribution in [0.1, 0.15) is 22.3 Å². The van der Waals surface area contributed by atoms with Crippen LogP contribution < -0.4 is 20.3 Å². The normalized spacial score (nSPS) is 15.6. The molecule has 0 saturated carbocycles. The first-order chi connectivity index (χ1) is 12.1. The van der Waals surface area contributed by atoms with Crippen LogP contribution in [0.3, 0.4) is 0 Å². The van der Waals surface area contributed by atoms with Crippen molar-refractivity contribution in [2.24, 2.45) is 0 Å². The molecule has 2 aliphatic heterocycles. The second-order valence-corrected chi connectivity index (χ2v) is 6.33. The summed E-state index contributed by atoms with van der Waals surface area (Å²) < 4.78 is 5.48. The number of nitrogens with one attached hydrogen (secondary N) is 2. The number of rotatable bonds is 2. The number of ether oxygens (including phenoxy) is 1. The van der Waals surface area contributed by atoms with Gasteiger partial charge in [-0.05, 0) is 42.0 Å². The van der Waals surface area contributed by atoms with Gasteiger partial charge in [-0.1, -0.05) is 0 Å². The lowest BCUT2D eigenvalue weighted by molar-refractivity contribution is -0.115. The summed E-state index contributed by atoms with van der Waals surface area (Å²) in [5, 5.41) is 5.78. The molecule has 128 valence electrons. The third-order valence-corrected chi connectivity index (χ3v) is 4.57. The van der Waals surface area contributed by atoms with E-state index in [0.717, 1.165) is 29.1 Å². The third-order valence-electron chi connectivity index (χ3n) is 4.57. The van der Waals surface area contributed by atoms with Crippen molar-refractivity contribution in [1.82, 2.24) is 0 Å². The van der Waals surface area contributed by atoms with Crippen LogP contribution in [0.2, 0.25) is 0 Å². The van der Waals surface area contributed by atoms with Crippen LogP contribution in [0.15, 0.2) is 36.4 Å². The van der Waals surface area contributed by atoms with Crippen LogP contribution in [0.4, 0.5) is 17.1 Å². The second kappa shape index (κ2) is 6.12. The smallest absolute Gasteiger partial charge is 0.255 e. The molecule has 0 radical (unpaired) electrons. The minimum absolute atomic E-state index is 0.0400. The number of hydrogen-bond donors (Lipinski definition) is 2. The van der Waals surface area contributed by atoms with Gasteiger partial charge in [-0.3, -0.25) is 9.59 Å². The van der Waals surface area contributed by atoms with Gasteiger partial charge < -0.3 is 20.3 Å². The topological polar surface area (TPSA) is 70.7 Å². The second-order valence-electron chi connectivity index (χ2n) is 6.33. The molecule has 0 atom stereocenters. The number of nitrogens with zero attached hydrogens (tertiary/aromatic N) is 1. The molecule has 0 spiro atoms. The molecule has 4 rings (SSSR count). The highest BCUT2D eigenvalue weighted by Crippen LogP contribution is 2.30. The number of hydrogen-bond acceptors (Lipinski definition) is 4. The molecule has 0 unspecified atom stereocenters. The number of benzene rings is 2. The summed E-state index contributed by atoms with van der Waals surface area (Å²) in [4.78, 5) is 26.4. The number of amides is 2. The van der Waals surface area contributed by atoms with Crippen LogP contribution in [0, 0.1) is 0 Å². The van der Waals surface area contributed by atoms with E-state index < -0.39 is 0 Å². The third kappa shape index (κ3) is 3.03. The number of carbonyl (C=O) groups is 2. The Balaban J connectivity index is 1.57. The van der Waals surface area contributed by atoms with E-state index in [-0.39, 0.29) is 11.8 Å². The molecule has 0 saturated heterocycles. The molecule has 0 fully saturated rings. The number of fused-ring (bicyclic) bond motifs is 2. The van der Waals surface area contributed by atoms with Crippen molar-refractivity contribution in [3.8, 4) is 5.75 Å². The lowest BCUT2D eigenvalue weighted by Crippen LogP contribution is -2.18. The molecular weight excluding hydrogens is 318 g/mol. The zero-order chi connectivity index (χ0) is 17.4. The quantitative estimate of drug-likeness (QED) is 0.884. The Morgan fingerprint density at radius 1 is 1.20 bits per heavy atom. The van der Waals surface area contributed by atoms with Gasteiger partial charge in [-0.25, -0.2) is 0 Å². The lowest BCUT2D eigenvalue weighted by Gasteiger charge is -2.18. The minimum atomic E-state index is -0.206. The van der Waals surface area contributed by atoms with E-state index in [1.807, 2.05) is 36.2 Å². The molecule has 0 bridgehead atoms. The number of anilines is 3. The average Bonchev–Trinajstić information content (AvgIpc) is 3.01. The van der Waals surface area contributed by atoms with E-state index in [9.17, 15) is 9.59 Å². The average molecular weight is 337 g/mol. The van der Waals surface area contributed by atoms with E-state index in [0.29, 0.717) is 30.8 Å². The predicted molar refractivity (Wildman–Crippen MR) is 96.6 cm³/mol. The Labute approximate surface area is 145 Å². The molecule has 0 aromatic heterocycles. The molecule has 2 N–H and O–H groups in total. The fourth-order valence-electron chi connectivity index (χ4n) is 3.18. The lowest BCUT2D eigenvalue weighted by atomic mass is 10.1. The summed E-state index contributed by atoms with van der Waals surface area (Å²) in [5.41, 5.74) is 3.93. The van der Waals surface area contributed by atoms with E-state index in [4.69, 9.17) is 4.74 Å². The standard InChI is InChI=1S/C19H19N3O3/c1-22-8-6-18(23)21-15-11-13(2-4-16(15)22)19(24)20-14-3-5-17-12(10-14)7-9-25-17/h2-5,10-11H,6-9H2,1H3,(H,20,24)(H,21,23). The molecule has 2 heterocycles. The highest BCUT2D eigenvalue weighted by molar-refractivity contribution is 6.06. The van der Waals surface area contributed by atoms with Crippen molar-refractivity contribution >= 4 is 28.9 Å². The molecule has 0 aliphatic carbocycles. The molecule has 2 aliphatic rings. The predicted octanol–water partition coefficient (Wildman–Crippen LogP) is 2.65. The van der Waals surface area contributed by atoms with E-state index in [1.54, 1.807) is 12.1 Å². The fourth-order valence-corrected chi connectivity index (χ4v) is 3.18. The largest absolute Gasteiger partial charge is 0.493 e. The summed E-state index contributed by atoms with van der Waals surface area (Å²) in [5.74, 6) is 0.637. The van der Waals surface area contributed by atoms with Crippen molar-refractivity contribution < 1.29 is 14.3 Å². The van der Waals surface area contributed by atoms with Gasteiger partial charge in [0, 0.05) is 37.7 Å². The monoisotopic (exact) mass is 337 g/mol. The summed E-state index contributed by atoms with van der Waals surface area (Å²) in [6, 6.07) is 11.0. The maximum atomic E-state index is 12.6. The molecule has 2 aromatic carbocycles. The Hall–Kier alpha value is -3.02. The van der Waals surface area contributed by atoms with Gasteiger partial charge >= 0.3 is 0 Å². The molecule has 6 heteroatoms. The van der Waals surface area contributed by atoms with Crippen molar-refractivity contribution in [3.63, 3.8) is 0 Å². The molecular formula is C19H19N3O3. The van der Waals surface area contributed by atoms with Crippen LogP contribution >= 0.6 is 0 Å². The van der Waals surface area contributed by atoms with Crippen LogP contribution in [0.5, 0.6) is 5.75 Å². The van der Waals surface area contributed by atoms with E-state index in [1.165, 1.54) is 0 Å². The van der Waals surface area contributed by atoms with Gasteiger partial charge in [-0.15, -0.1) is 0 Å². The van der Waals surface area contributed by atoms with Gasteiger partial charge in [0.1, 0.15) is 5.75 Å². The van der Waals surface area contributed by atoms with Crippen molar-refractivity contribution in [2.45, 2.75) is 12.8 Å². The van der Waals surface area contributed by atoms with Crippen molar-refractivity contribution in [1.29, 1.82) is 0 Å². The summed E-state index contributed by atoms with van der Waals surface area (Å²) in [6.45, 7) is 1.34. The SMILES string of the molecule is CN1CCC(=O)Nc2cc(C(=O)Nc3ccc4c(c3)CCO4)ccc21. The van der Waals surface area contributed by atoms with Crippen molar-refractivity contribution in [3.05, 3.63) is 47.5 Å². The Morgan fingerprint density at radius 2 is 2.08 bits per heavy atom. The van der Waals surface area contributed by atoms with Gasteiger partial charge in [-0.2, -0.15) is 0 Å². The Kier molecular flexibility index (Phi) is 3.80. The highest BCUT2D eigenvalue weighted by atomic mass is 16.5. The summed E-state index contributed by atoms with van der Waals surface area (Å²) in [6.07, 6.45) is 1.29. The van der Waals surface area contributed by atoms with Crippen LogP contribution in [-0.4, -0.2) is 32.0 Å². The van der Waals surface area contributed by atoms with Gasteiger partial charge in [0.05, 0.1) is 18.0 Å². The van der Waals surface area contributed by atoms with E-state index in [2.05, 4.69) is 10.6 Å². The van der Waals surface area contributed by atoms with Gasteiger partial charge in [0.15, 0.2) is 0 Å². The summed E-state index contributed by atoms with van der Waals surface area (Å²) in [7, 11) is 1.94. The van der Waals surface area contributed by atoms with Crippen LogP contribution in [-0.2, 0) is 11.2 Å². The molecule has 2 amide bonds. The fraction of sp³-hybridized carbons (Fsp3) is 0.263. The highest BCUT2D eigenvalue weighted by Gasteiger charge is 2.19.